The maximum atomic E-state index is 12.9. The van der Waals surface area contributed by atoms with Crippen LogP contribution in [0.25, 0.3) is 0 Å². The third-order valence-corrected chi connectivity index (χ3v) is 4.95. The molecule has 1 heterocycles. The number of carbonyl (C=O) groups excluding carboxylic acids is 1. The predicted octanol–water partition coefficient (Wildman–Crippen LogP) is 3.97. The average Bonchev–Trinajstić information content (AvgIpc) is 2.42. The molecule has 20 heavy (non-hydrogen) atoms. The van der Waals surface area contributed by atoms with Gasteiger partial charge in [-0.15, -0.1) is 11.8 Å². The number of amides is 1. The summed E-state index contributed by atoms with van der Waals surface area (Å²) >= 11 is 7.49. The number of piperidine rings is 1. The van der Waals surface area contributed by atoms with Crippen LogP contribution in [0.3, 0.4) is 0 Å². The van der Waals surface area contributed by atoms with Crippen LogP contribution in [0.2, 0.25) is 5.02 Å². The van der Waals surface area contributed by atoms with Crippen LogP contribution in [0.5, 0.6) is 0 Å². The van der Waals surface area contributed by atoms with Crippen molar-refractivity contribution in [3.63, 3.8) is 0 Å². The van der Waals surface area contributed by atoms with Gasteiger partial charge >= 0.3 is 0 Å². The van der Waals surface area contributed by atoms with Gasteiger partial charge in [-0.2, -0.15) is 0 Å². The highest BCUT2D eigenvalue weighted by Crippen LogP contribution is 2.23. The van der Waals surface area contributed by atoms with Gasteiger partial charge in [0.1, 0.15) is 5.82 Å². The van der Waals surface area contributed by atoms with Gasteiger partial charge in [0, 0.05) is 23.9 Å². The van der Waals surface area contributed by atoms with Gasteiger partial charge in [-0.25, -0.2) is 4.39 Å². The quantitative estimate of drug-likeness (QED) is 0.838. The lowest BCUT2D eigenvalue weighted by Gasteiger charge is -2.30. The molecule has 2 nitrogen and oxygen atoms in total. The summed E-state index contributed by atoms with van der Waals surface area (Å²) in [4.78, 5) is 14.0. The molecule has 0 radical (unpaired) electrons. The van der Waals surface area contributed by atoms with Crippen LogP contribution < -0.4 is 0 Å². The van der Waals surface area contributed by atoms with Crippen molar-refractivity contribution >= 4 is 29.3 Å². The molecule has 0 bridgehead atoms. The molecular formula is C15H19ClFNOS. The molecule has 0 aromatic heterocycles. The first kappa shape index (κ1) is 15.6. The number of nitrogens with zero attached hydrogens (tertiary/aromatic N) is 1. The van der Waals surface area contributed by atoms with Gasteiger partial charge in [0.25, 0.3) is 0 Å². The minimum absolute atomic E-state index is 0.195. The monoisotopic (exact) mass is 315 g/mol. The number of halogens is 2. The number of hydrogen-bond acceptors (Lipinski definition) is 2. The lowest BCUT2D eigenvalue weighted by atomic mass is 9.99. The van der Waals surface area contributed by atoms with Crippen LogP contribution >= 0.6 is 23.4 Å². The first-order chi connectivity index (χ1) is 9.56. The first-order valence-corrected chi connectivity index (χ1v) is 8.39. The van der Waals surface area contributed by atoms with E-state index in [1.807, 2.05) is 4.90 Å². The summed E-state index contributed by atoms with van der Waals surface area (Å²) in [5.41, 5.74) is 0.873. The van der Waals surface area contributed by atoms with Gasteiger partial charge < -0.3 is 4.90 Å². The van der Waals surface area contributed by atoms with Crippen LogP contribution in [0.15, 0.2) is 18.2 Å². The molecular weight excluding hydrogens is 297 g/mol. The third kappa shape index (κ3) is 4.38. The zero-order valence-electron chi connectivity index (χ0n) is 11.6. The Labute approximate surface area is 128 Å². The van der Waals surface area contributed by atoms with Crippen LogP contribution in [-0.2, 0) is 10.5 Å². The Morgan fingerprint density at radius 3 is 2.80 bits per heavy atom. The zero-order valence-corrected chi connectivity index (χ0v) is 13.1. The Bertz CT molecular complexity index is 475. The SMILES string of the molecule is CC1CCN(C(=O)CSCc2ccc(F)cc2Cl)CC1. The molecule has 1 aromatic carbocycles. The highest BCUT2D eigenvalue weighted by atomic mass is 35.5. The smallest absolute Gasteiger partial charge is 0.232 e. The lowest BCUT2D eigenvalue weighted by Crippen LogP contribution is -2.38. The molecule has 1 aromatic rings. The Morgan fingerprint density at radius 2 is 2.15 bits per heavy atom. The maximum Gasteiger partial charge on any atom is 0.232 e. The molecule has 1 saturated heterocycles. The highest BCUT2D eigenvalue weighted by Gasteiger charge is 2.19. The Balaban J connectivity index is 1.76. The summed E-state index contributed by atoms with van der Waals surface area (Å²) in [5, 5.41) is 0.428. The fourth-order valence-electron chi connectivity index (χ4n) is 2.24. The number of thioether (sulfide) groups is 1. The van der Waals surface area contributed by atoms with Gasteiger partial charge in [-0.1, -0.05) is 24.6 Å². The van der Waals surface area contributed by atoms with E-state index in [-0.39, 0.29) is 11.7 Å². The molecule has 0 spiro atoms. The molecule has 1 aliphatic rings. The minimum Gasteiger partial charge on any atom is -0.342 e. The normalized spacial score (nSPS) is 16.4. The predicted molar refractivity (Wildman–Crippen MR) is 82.6 cm³/mol. The van der Waals surface area contributed by atoms with Crippen molar-refractivity contribution in [2.45, 2.75) is 25.5 Å². The fraction of sp³-hybridized carbons (Fsp3) is 0.533. The van der Waals surface area contributed by atoms with Crippen LogP contribution in [0.4, 0.5) is 4.39 Å². The van der Waals surface area contributed by atoms with Crippen molar-refractivity contribution in [1.82, 2.24) is 4.90 Å². The summed E-state index contributed by atoms with van der Waals surface area (Å²) in [6.45, 7) is 3.98. The van der Waals surface area contributed by atoms with Gasteiger partial charge in [0.2, 0.25) is 5.91 Å². The molecule has 1 fully saturated rings. The third-order valence-electron chi connectivity index (χ3n) is 3.63. The van der Waals surface area contributed by atoms with Crippen LogP contribution in [0, 0.1) is 11.7 Å². The molecule has 2 rings (SSSR count). The highest BCUT2D eigenvalue weighted by molar-refractivity contribution is 7.99. The van der Waals surface area contributed by atoms with E-state index >= 15 is 0 Å². The van der Waals surface area contributed by atoms with E-state index in [1.54, 1.807) is 6.07 Å². The second kappa shape index (κ2) is 7.32. The van der Waals surface area contributed by atoms with E-state index in [9.17, 15) is 9.18 Å². The van der Waals surface area contributed by atoms with E-state index < -0.39 is 0 Å². The van der Waals surface area contributed by atoms with Gasteiger partial charge in [-0.05, 0) is 36.5 Å². The number of rotatable bonds is 4. The topological polar surface area (TPSA) is 20.3 Å². The van der Waals surface area contributed by atoms with Crippen LogP contribution in [0.1, 0.15) is 25.3 Å². The number of carbonyl (C=O) groups is 1. The number of likely N-dealkylation sites (tertiary alicyclic amines) is 1. The molecule has 0 N–H and O–H groups in total. The second-order valence-electron chi connectivity index (χ2n) is 5.29. The molecule has 110 valence electrons. The van der Waals surface area contributed by atoms with Crippen molar-refractivity contribution in [3.8, 4) is 0 Å². The van der Waals surface area contributed by atoms with Crippen molar-refractivity contribution in [1.29, 1.82) is 0 Å². The molecule has 5 heteroatoms. The summed E-state index contributed by atoms with van der Waals surface area (Å²) in [6.07, 6.45) is 2.19. The molecule has 0 atom stereocenters. The van der Waals surface area contributed by atoms with E-state index in [1.165, 1.54) is 23.9 Å². The summed E-state index contributed by atoms with van der Waals surface area (Å²) in [6, 6.07) is 4.39. The molecule has 1 amide bonds. The van der Waals surface area contributed by atoms with Gasteiger partial charge in [0.05, 0.1) is 5.75 Å². The second-order valence-corrected chi connectivity index (χ2v) is 6.68. The molecule has 0 unspecified atom stereocenters. The largest absolute Gasteiger partial charge is 0.342 e. The van der Waals surface area contributed by atoms with Crippen molar-refractivity contribution < 1.29 is 9.18 Å². The first-order valence-electron chi connectivity index (χ1n) is 6.85. The Morgan fingerprint density at radius 1 is 1.45 bits per heavy atom. The standard InChI is InChI=1S/C15H19ClFNOS/c1-11-4-6-18(7-5-11)15(19)10-20-9-12-2-3-13(17)8-14(12)16/h2-3,8,11H,4-7,9-10H2,1H3. The summed E-state index contributed by atoms with van der Waals surface area (Å²) < 4.78 is 12.9. The van der Waals surface area contributed by atoms with Gasteiger partial charge in [0.15, 0.2) is 0 Å². The Hall–Kier alpha value is -0.740. The maximum absolute atomic E-state index is 12.9. The van der Waals surface area contributed by atoms with Crippen LogP contribution in [-0.4, -0.2) is 29.6 Å². The molecule has 1 aliphatic heterocycles. The van der Waals surface area contributed by atoms with E-state index in [2.05, 4.69) is 6.92 Å². The number of hydrogen-bond donors (Lipinski definition) is 0. The van der Waals surface area contributed by atoms with Gasteiger partial charge in [-0.3, -0.25) is 4.79 Å². The van der Waals surface area contributed by atoms with Crippen molar-refractivity contribution in [2.24, 2.45) is 5.92 Å². The van der Waals surface area contributed by atoms with E-state index in [4.69, 9.17) is 11.6 Å². The lowest BCUT2D eigenvalue weighted by molar-refractivity contribution is -0.129. The van der Waals surface area contributed by atoms with Crippen molar-refractivity contribution in [2.75, 3.05) is 18.8 Å². The summed E-state index contributed by atoms with van der Waals surface area (Å²) in [5.74, 6) is 1.68. The van der Waals surface area contributed by atoms with E-state index in [0.717, 1.165) is 37.4 Å². The Kier molecular flexibility index (Phi) is 5.73. The molecule has 0 saturated carbocycles. The average molecular weight is 316 g/mol. The van der Waals surface area contributed by atoms with E-state index in [0.29, 0.717) is 16.5 Å². The number of benzene rings is 1. The molecule has 0 aliphatic carbocycles. The summed E-state index contributed by atoms with van der Waals surface area (Å²) in [7, 11) is 0. The van der Waals surface area contributed by atoms with Crippen molar-refractivity contribution in [3.05, 3.63) is 34.6 Å². The zero-order chi connectivity index (χ0) is 14.5. The minimum atomic E-state index is -0.331. The fourth-order valence-corrected chi connectivity index (χ4v) is 3.48.